The molecule has 2 aromatic heterocycles. The van der Waals surface area contributed by atoms with E-state index in [2.05, 4.69) is 15.2 Å². The summed E-state index contributed by atoms with van der Waals surface area (Å²) in [6.07, 6.45) is 0.0928. The SMILES string of the molecule is Fc1ccccc1-c1nnc(Cc2nc3c(F)cccc3o2)o1. The third-order valence-electron chi connectivity index (χ3n) is 3.29. The van der Waals surface area contributed by atoms with Crippen molar-refractivity contribution in [1.29, 1.82) is 0 Å². The van der Waals surface area contributed by atoms with Crippen molar-refractivity contribution in [3.8, 4) is 11.5 Å². The Morgan fingerprint density at radius 1 is 0.826 bits per heavy atom. The predicted molar refractivity (Wildman–Crippen MR) is 76.5 cm³/mol. The Kier molecular flexibility index (Phi) is 3.11. The lowest BCUT2D eigenvalue weighted by atomic mass is 10.2. The molecule has 7 heteroatoms. The number of benzene rings is 2. The first-order valence-corrected chi connectivity index (χ1v) is 6.82. The van der Waals surface area contributed by atoms with Crippen LogP contribution in [0, 0.1) is 11.6 Å². The van der Waals surface area contributed by atoms with Crippen LogP contribution >= 0.6 is 0 Å². The molecule has 114 valence electrons. The van der Waals surface area contributed by atoms with E-state index in [0.717, 1.165) is 0 Å². The molecule has 4 aromatic rings. The average Bonchev–Trinajstić information content (AvgIpc) is 3.16. The summed E-state index contributed by atoms with van der Waals surface area (Å²) in [5, 5.41) is 7.66. The fourth-order valence-electron chi connectivity index (χ4n) is 2.23. The van der Waals surface area contributed by atoms with Gasteiger partial charge in [0.25, 0.3) is 5.89 Å². The Hall–Kier alpha value is -3.09. The zero-order chi connectivity index (χ0) is 15.8. The molecule has 0 aliphatic carbocycles. The molecule has 0 atom stereocenters. The summed E-state index contributed by atoms with van der Waals surface area (Å²) >= 11 is 0. The number of hydrogen-bond acceptors (Lipinski definition) is 5. The van der Waals surface area contributed by atoms with Gasteiger partial charge in [-0.2, -0.15) is 0 Å². The van der Waals surface area contributed by atoms with Gasteiger partial charge in [0.15, 0.2) is 11.4 Å². The summed E-state index contributed by atoms with van der Waals surface area (Å²) in [5.74, 6) is -0.397. The highest BCUT2D eigenvalue weighted by Gasteiger charge is 2.16. The minimum Gasteiger partial charge on any atom is -0.440 e. The van der Waals surface area contributed by atoms with Crippen LogP contribution in [-0.2, 0) is 6.42 Å². The molecule has 5 nitrogen and oxygen atoms in total. The van der Waals surface area contributed by atoms with Crippen LogP contribution in [0.4, 0.5) is 8.78 Å². The van der Waals surface area contributed by atoms with E-state index in [-0.39, 0.29) is 35.2 Å². The summed E-state index contributed by atoms with van der Waals surface area (Å²) < 4.78 is 38.2. The van der Waals surface area contributed by atoms with Crippen molar-refractivity contribution in [2.75, 3.05) is 0 Å². The summed E-state index contributed by atoms with van der Waals surface area (Å²) in [6, 6.07) is 10.6. The summed E-state index contributed by atoms with van der Waals surface area (Å²) in [4.78, 5) is 4.06. The second-order valence-electron chi connectivity index (χ2n) is 4.85. The van der Waals surface area contributed by atoms with Crippen molar-refractivity contribution in [3.05, 3.63) is 65.9 Å². The largest absolute Gasteiger partial charge is 0.440 e. The molecular formula is C16H9F2N3O2. The van der Waals surface area contributed by atoms with Crippen LogP contribution in [0.5, 0.6) is 0 Å². The number of oxazole rings is 1. The molecule has 0 aliphatic rings. The maximum atomic E-state index is 13.7. The highest BCUT2D eigenvalue weighted by atomic mass is 19.1. The molecule has 2 heterocycles. The molecule has 0 unspecified atom stereocenters. The number of fused-ring (bicyclic) bond motifs is 1. The van der Waals surface area contributed by atoms with Crippen LogP contribution in [0.1, 0.15) is 11.8 Å². The molecule has 0 saturated heterocycles. The summed E-state index contributed by atoms with van der Waals surface area (Å²) in [5.41, 5.74) is 0.708. The van der Waals surface area contributed by atoms with Gasteiger partial charge in [-0.1, -0.05) is 18.2 Å². The van der Waals surface area contributed by atoms with Gasteiger partial charge in [-0.25, -0.2) is 13.8 Å². The molecular weight excluding hydrogens is 304 g/mol. The maximum Gasteiger partial charge on any atom is 0.250 e. The van der Waals surface area contributed by atoms with Gasteiger partial charge in [0.05, 0.1) is 5.56 Å². The minimum atomic E-state index is -0.463. The number of aromatic nitrogens is 3. The molecule has 0 bridgehead atoms. The molecule has 0 saturated carbocycles. The van der Waals surface area contributed by atoms with Gasteiger partial charge in [-0.3, -0.25) is 0 Å². The fourth-order valence-corrected chi connectivity index (χ4v) is 2.23. The molecule has 23 heavy (non-hydrogen) atoms. The molecule has 0 amide bonds. The van der Waals surface area contributed by atoms with Crippen LogP contribution < -0.4 is 0 Å². The molecule has 0 aliphatic heterocycles. The molecule has 0 spiro atoms. The lowest BCUT2D eigenvalue weighted by molar-refractivity contribution is 0.474. The van der Waals surface area contributed by atoms with Crippen molar-refractivity contribution >= 4 is 11.1 Å². The van der Waals surface area contributed by atoms with Crippen LogP contribution in [0.25, 0.3) is 22.6 Å². The van der Waals surface area contributed by atoms with E-state index < -0.39 is 11.6 Å². The van der Waals surface area contributed by atoms with E-state index in [1.54, 1.807) is 24.3 Å². The molecule has 4 rings (SSSR count). The van der Waals surface area contributed by atoms with Gasteiger partial charge in [-0.15, -0.1) is 10.2 Å². The zero-order valence-electron chi connectivity index (χ0n) is 11.7. The van der Waals surface area contributed by atoms with Gasteiger partial charge in [-0.05, 0) is 24.3 Å². The van der Waals surface area contributed by atoms with Crippen molar-refractivity contribution < 1.29 is 17.6 Å². The quantitative estimate of drug-likeness (QED) is 0.576. The fraction of sp³-hybridized carbons (Fsp3) is 0.0625. The van der Waals surface area contributed by atoms with Gasteiger partial charge in [0, 0.05) is 0 Å². The molecule has 0 N–H and O–H groups in total. The number of hydrogen-bond donors (Lipinski definition) is 0. The Labute approximate surface area is 128 Å². The topological polar surface area (TPSA) is 65.0 Å². The van der Waals surface area contributed by atoms with E-state index >= 15 is 0 Å². The van der Waals surface area contributed by atoms with Crippen LogP contribution in [0.3, 0.4) is 0 Å². The highest BCUT2D eigenvalue weighted by molar-refractivity contribution is 5.73. The Bertz CT molecular complexity index is 994. The number of rotatable bonds is 3. The van der Waals surface area contributed by atoms with Crippen molar-refractivity contribution in [2.45, 2.75) is 6.42 Å². The summed E-state index contributed by atoms with van der Waals surface area (Å²) in [6.45, 7) is 0. The van der Waals surface area contributed by atoms with Crippen LogP contribution in [0.2, 0.25) is 0 Å². The number of halogens is 2. The van der Waals surface area contributed by atoms with Gasteiger partial charge < -0.3 is 8.83 Å². The van der Waals surface area contributed by atoms with Gasteiger partial charge >= 0.3 is 0 Å². The Morgan fingerprint density at radius 3 is 2.48 bits per heavy atom. The molecule has 2 aromatic carbocycles. The first kappa shape index (κ1) is 13.6. The minimum absolute atomic E-state index is 0.0698. The monoisotopic (exact) mass is 313 g/mol. The van der Waals surface area contributed by atoms with E-state index in [1.807, 2.05) is 0 Å². The number of nitrogens with zero attached hydrogens (tertiary/aromatic N) is 3. The zero-order valence-corrected chi connectivity index (χ0v) is 11.7. The lowest BCUT2D eigenvalue weighted by Crippen LogP contribution is -1.88. The average molecular weight is 313 g/mol. The van der Waals surface area contributed by atoms with Crippen molar-refractivity contribution in [1.82, 2.24) is 15.2 Å². The third-order valence-corrected chi connectivity index (χ3v) is 3.29. The molecule has 0 radical (unpaired) electrons. The van der Waals surface area contributed by atoms with Crippen molar-refractivity contribution in [2.24, 2.45) is 0 Å². The predicted octanol–water partition coefficient (Wildman–Crippen LogP) is 3.75. The normalized spacial score (nSPS) is 11.2. The second-order valence-corrected chi connectivity index (χ2v) is 4.85. The lowest BCUT2D eigenvalue weighted by Gasteiger charge is -1.95. The first-order valence-electron chi connectivity index (χ1n) is 6.82. The van der Waals surface area contributed by atoms with Crippen LogP contribution in [-0.4, -0.2) is 15.2 Å². The maximum absolute atomic E-state index is 13.7. The number of para-hydroxylation sites is 1. The second kappa shape index (κ2) is 5.28. The smallest absolute Gasteiger partial charge is 0.250 e. The van der Waals surface area contributed by atoms with Crippen LogP contribution in [0.15, 0.2) is 51.3 Å². The van der Waals surface area contributed by atoms with Gasteiger partial charge in [0.2, 0.25) is 11.8 Å². The van der Waals surface area contributed by atoms with Gasteiger partial charge in [0.1, 0.15) is 17.8 Å². The van der Waals surface area contributed by atoms with Crippen molar-refractivity contribution in [3.63, 3.8) is 0 Å². The standard InChI is InChI=1S/C16H9F2N3O2/c17-10-5-2-1-4-9(10)16-21-20-14(23-16)8-13-19-15-11(18)6-3-7-12(15)22-13/h1-7H,8H2. The van der Waals surface area contributed by atoms with E-state index in [4.69, 9.17) is 8.83 Å². The Balaban J connectivity index is 1.64. The summed E-state index contributed by atoms with van der Waals surface area (Å²) in [7, 11) is 0. The first-order chi connectivity index (χ1) is 11.2. The third kappa shape index (κ3) is 2.46. The highest BCUT2D eigenvalue weighted by Crippen LogP contribution is 2.23. The van der Waals surface area contributed by atoms with E-state index in [1.165, 1.54) is 18.2 Å². The van der Waals surface area contributed by atoms with E-state index in [9.17, 15) is 8.78 Å². The molecule has 0 fully saturated rings. The Morgan fingerprint density at radius 2 is 1.65 bits per heavy atom. The van der Waals surface area contributed by atoms with E-state index in [0.29, 0.717) is 5.58 Å².